The minimum Gasteiger partial charge on any atom is -0.394 e. The molecule has 3 aliphatic heterocycles. The van der Waals surface area contributed by atoms with Crippen LogP contribution in [0.1, 0.15) is 46.5 Å². The summed E-state index contributed by atoms with van der Waals surface area (Å²) in [5, 5.41) is 15.3. The van der Waals surface area contributed by atoms with Crippen LogP contribution in [0, 0.1) is 11.8 Å². The molecule has 3 fully saturated rings. The second-order valence-corrected chi connectivity index (χ2v) is 8.26. The Morgan fingerprint density at radius 2 is 2.07 bits per heavy atom. The number of rotatable bonds is 7. The van der Waals surface area contributed by atoms with Crippen LogP contribution >= 0.6 is 0 Å². The van der Waals surface area contributed by atoms with Gasteiger partial charge in [-0.2, -0.15) is 0 Å². The number of amides is 3. The van der Waals surface area contributed by atoms with Crippen molar-refractivity contribution in [2.75, 3.05) is 20.2 Å². The van der Waals surface area contributed by atoms with Crippen molar-refractivity contribution in [1.29, 1.82) is 0 Å². The lowest BCUT2D eigenvalue weighted by Crippen LogP contribution is -2.57. The molecule has 27 heavy (non-hydrogen) atoms. The number of unbranched alkanes of at least 4 members (excludes halogenated alkanes) is 1. The van der Waals surface area contributed by atoms with Gasteiger partial charge in [0.05, 0.1) is 30.1 Å². The first kappa shape index (κ1) is 20.1. The van der Waals surface area contributed by atoms with Gasteiger partial charge in [0.1, 0.15) is 11.6 Å². The Bertz CT molecular complexity index is 641. The third kappa shape index (κ3) is 2.76. The highest BCUT2D eigenvalue weighted by Gasteiger charge is 2.78. The zero-order chi connectivity index (χ0) is 20.0. The van der Waals surface area contributed by atoms with Gasteiger partial charge < -0.3 is 25.4 Å². The van der Waals surface area contributed by atoms with Crippen molar-refractivity contribution >= 4 is 17.7 Å². The quantitative estimate of drug-likeness (QED) is 0.529. The van der Waals surface area contributed by atoms with Crippen LogP contribution in [-0.2, 0) is 19.1 Å². The highest BCUT2D eigenvalue weighted by Crippen LogP contribution is 2.63. The van der Waals surface area contributed by atoms with E-state index in [0.29, 0.717) is 19.4 Å². The Morgan fingerprint density at radius 1 is 1.37 bits per heavy atom. The van der Waals surface area contributed by atoms with Crippen molar-refractivity contribution in [3.8, 4) is 0 Å². The van der Waals surface area contributed by atoms with Gasteiger partial charge in [0.2, 0.25) is 17.7 Å². The largest absolute Gasteiger partial charge is 0.394 e. The van der Waals surface area contributed by atoms with Gasteiger partial charge in [0, 0.05) is 13.6 Å². The van der Waals surface area contributed by atoms with E-state index in [4.69, 9.17) is 4.74 Å². The predicted octanol–water partition coefficient (Wildman–Crippen LogP) is -0.206. The number of carbonyl (C=O) groups excluding carboxylic acids is 3. The van der Waals surface area contributed by atoms with Gasteiger partial charge in [-0.1, -0.05) is 13.3 Å². The van der Waals surface area contributed by atoms with Gasteiger partial charge in [0.15, 0.2) is 0 Å². The normalized spacial score (nSPS) is 38.0. The van der Waals surface area contributed by atoms with E-state index in [1.807, 2.05) is 13.8 Å². The number of hydrogen-bond acceptors (Lipinski definition) is 5. The van der Waals surface area contributed by atoms with Crippen LogP contribution in [0.15, 0.2) is 0 Å². The van der Waals surface area contributed by atoms with Crippen LogP contribution in [0.4, 0.5) is 0 Å². The first-order chi connectivity index (χ1) is 12.8. The fraction of sp³-hybridized carbons (Fsp3) is 0.842. The highest BCUT2D eigenvalue weighted by atomic mass is 16.5. The summed E-state index contributed by atoms with van der Waals surface area (Å²) < 4.78 is 6.38. The molecule has 0 saturated carbocycles. The van der Waals surface area contributed by atoms with E-state index in [9.17, 15) is 19.5 Å². The molecule has 3 saturated heterocycles. The molecule has 2 bridgehead atoms. The van der Waals surface area contributed by atoms with Gasteiger partial charge in [-0.15, -0.1) is 0 Å². The second-order valence-electron chi connectivity index (χ2n) is 8.26. The molecule has 3 amide bonds. The molecule has 6 atom stereocenters. The lowest BCUT2D eigenvalue weighted by Gasteiger charge is -2.35. The molecule has 8 heteroatoms. The summed E-state index contributed by atoms with van der Waals surface area (Å²) in [5.74, 6) is -2.11. The number of likely N-dealkylation sites (tertiary alicyclic amines) is 1. The molecule has 152 valence electrons. The van der Waals surface area contributed by atoms with E-state index in [-0.39, 0.29) is 24.3 Å². The molecule has 3 rings (SSSR count). The van der Waals surface area contributed by atoms with Crippen LogP contribution in [0.5, 0.6) is 0 Å². The maximum Gasteiger partial charge on any atom is 0.245 e. The number of fused-ring (bicyclic) bond motifs is 1. The van der Waals surface area contributed by atoms with Crippen molar-refractivity contribution in [3.63, 3.8) is 0 Å². The Morgan fingerprint density at radius 3 is 2.67 bits per heavy atom. The van der Waals surface area contributed by atoms with Crippen LogP contribution in [0.25, 0.3) is 0 Å². The summed E-state index contributed by atoms with van der Waals surface area (Å²) >= 11 is 0. The fourth-order valence-corrected chi connectivity index (χ4v) is 5.27. The molecule has 0 aromatic heterocycles. The lowest BCUT2D eigenvalue weighted by atomic mass is 9.66. The van der Waals surface area contributed by atoms with E-state index < -0.39 is 35.1 Å². The number of aliphatic hydroxyl groups excluding tert-OH is 1. The van der Waals surface area contributed by atoms with Crippen LogP contribution in [-0.4, -0.2) is 71.2 Å². The fourth-order valence-electron chi connectivity index (χ4n) is 5.27. The standard InChI is InChI=1S/C19H31N3O5/c1-5-6-9-21-16(25)14-19-8-7-18(3,27-19)12(15(24)20-4)13(19)17(26)22(14)11(2)10-23/h11-14,23H,5-10H2,1-4H3,(H,20,24)(H,21,25)/t11-,12+,13+,14?,18-,19?/m1/s1. The summed E-state index contributed by atoms with van der Waals surface area (Å²) in [5.41, 5.74) is -1.76. The third-order valence-electron chi connectivity index (χ3n) is 6.56. The molecule has 3 aliphatic rings. The first-order valence-corrected chi connectivity index (χ1v) is 9.90. The average Bonchev–Trinajstić information content (AvgIpc) is 3.21. The van der Waals surface area contributed by atoms with Crippen molar-refractivity contribution in [3.05, 3.63) is 0 Å². The third-order valence-corrected chi connectivity index (χ3v) is 6.56. The summed E-state index contributed by atoms with van der Waals surface area (Å²) in [6, 6.07) is -1.36. The van der Waals surface area contributed by atoms with Gasteiger partial charge >= 0.3 is 0 Å². The number of aliphatic hydroxyl groups is 1. The first-order valence-electron chi connectivity index (χ1n) is 9.90. The van der Waals surface area contributed by atoms with Crippen LogP contribution in [0.3, 0.4) is 0 Å². The predicted molar refractivity (Wildman–Crippen MR) is 97.6 cm³/mol. The summed E-state index contributed by atoms with van der Waals surface area (Å²) in [4.78, 5) is 40.5. The molecule has 3 heterocycles. The molecule has 1 spiro atoms. The zero-order valence-corrected chi connectivity index (χ0v) is 16.6. The molecule has 2 unspecified atom stereocenters. The lowest BCUT2D eigenvalue weighted by molar-refractivity contribution is -0.149. The number of carbonyl (C=O) groups is 3. The molecule has 0 aromatic rings. The molecule has 0 aliphatic carbocycles. The Hall–Kier alpha value is -1.67. The van der Waals surface area contributed by atoms with Gasteiger partial charge in [0.25, 0.3) is 0 Å². The zero-order valence-electron chi connectivity index (χ0n) is 16.6. The molecule has 8 nitrogen and oxygen atoms in total. The van der Waals surface area contributed by atoms with E-state index in [0.717, 1.165) is 12.8 Å². The number of hydrogen-bond donors (Lipinski definition) is 3. The minimum absolute atomic E-state index is 0.235. The summed E-state index contributed by atoms with van der Waals surface area (Å²) in [7, 11) is 1.55. The van der Waals surface area contributed by atoms with E-state index in [1.165, 1.54) is 4.90 Å². The maximum absolute atomic E-state index is 13.4. The van der Waals surface area contributed by atoms with Gasteiger partial charge in [-0.3, -0.25) is 14.4 Å². The number of nitrogens with one attached hydrogen (secondary N) is 2. The minimum atomic E-state index is -1.01. The van der Waals surface area contributed by atoms with Crippen molar-refractivity contribution in [2.24, 2.45) is 11.8 Å². The van der Waals surface area contributed by atoms with E-state index >= 15 is 0 Å². The smallest absolute Gasteiger partial charge is 0.245 e. The number of nitrogens with zero attached hydrogens (tertiary/aromatic N) is 1. The van der Waals surface area contributed by atoms with Gasteiger partial charge in [-0.05, 0) is 33.1 Å². The average molecular weight is 381 g/mol. The van der Waals surface area contributed by atoms with E-state index in [1.54, 1.807) is 14.0 Å². The van der Waals surface area contributed by atoms with Crippen LogP contribution < -0.4 is 10.6 Å². The van der Waals surface area contributed by atoms with Crippen molar-refractivity contribution in [1.82, 2.24) is 15.5 Å². The van der Waals surface area contributed by atoms with Crippen LogP contribution in [0.2, 0.25) is 0 Å². The molecular weight excluding hydrogens is 350 g/mol. The molecular formula is C19H31N3O5. The summed E-state index contributed by atoms with van der Waals surface area (Å²) in [6.45, 7) is 5.88. The second kappa shape index (κ2) is 7.05. The molecule has 0 radical (unpaired) electrons. The maximum atomic E-state index is 13.4. The molecule has 3 N–H and O–H groups in total. The Kier molecular flexibility index (Phi) is 5.24. The van der Waals surface area contributed by atoms with Gasteiger partial charge in [-0.25, -0.2) is 0 Å². The molecule has 0 aromatic carbocycles. The van der Waals surface area contributed by atoms with Crippen molar-refractivity contribution in [2.45, 2.75) is 69.7 Å². The SMILES string of the molecule is CCCCNC(=O)C1N([C@H](C)CO)C(=O)[C@@H]2[C@@H](C(=O)NC)[C@@]3(C)CCC12O3. The van der Waals surface area contributed by atoms with E-state index in [2.05, 4.69) is 10.6 Å². The topological polar surface area (TPSA) is 108 Å². The monoisotopic (exact) mass is 381 g/mol. The Balaban J connectivity index is 2.02. The Labute approximate surface area is 160 Å². The highest BCUT2D eigenvalue weighted by molar-refractivity contribution is 5.99. The number of ether oxygens (including phenoxy) is 1. The summed E-state index contributed by atoms with van der Waals surface area (Å²) in [6.07, 6.45) is 2.96. The van der Waals surface area contributed by atoms with Crippen molar-refractivity contribution < 1.29 is 24.2 Å².